The molecule has 0 aliphatic carbocycles. The third kappa shape index (κ3) is 3.86. The molecule has 6 nitrogen and oxygen atoms in total. The molecule has 7 heteroatoms. The summed E-state index contributed by atoms with van der Waals surface area (Å²) in [5.74, 6) is 0.245. The summed E-state index contributed by atoms with van der Waals surface area (Å²) in [6.07, 6.45) is -0.135. The maximum atomic E-state index is 12.2. The van der Waals surface area contributed by atoms with E-state index >= 15 is 0 Å². The predicted molar refractivity (Wildman–Crippen MR) is 92.7 cm³/mol. The molecule has 2 N–H and O–H groups in total. The average Bonchev–Trinajstić information content (AvgIpc) is 2.55. The molecule has 0 spiro atoms. The fourth-order valence-corrected chi connectivity index (χ4v) is 3.49. The molecule has 2 aromatic carbocycles. The Balaban J connectivity index is 1.69. The van der Waals surface area contributed by atoms with Crippen molar-refractivity contribution in [3.8, 4) is 5.75 Å². The van der Waals surface area contributed by atoms with Crippen LogP contribution in [0.25, 0.3) is 0 Å². The van der Waals surface area contributed by atoms with Crippen LogP contribution in [0.1, 0.15) is 12.5 Å². The van der Waals surface area contributed by atoms with Crippen molar-refractivity contribution < 1.29 is 17.9 Å². The lowest BCUT2D eigenvalue weighted by molar-refractivity contribution is -0.122. The standard InChI is InChI=1S/C17H18N2O4S/c1-12-17(20)18-15-11-14(7-8-16(15)23-12)19-24(21,22)10-9-13-5-3-2-4-6-13/h2-8,11-12,19H,9-10H2,1H3,(H,18,20). The van der Waals surface area contributed by atoms with Crippen molar-refractivity contribution in [2.75, 3.05) is 15.8 Å². The number of benzene rings is 2. The lowest BCUT2D eigenvalue weighted by atomic mass is 10.2. The Morgan fingerprint density at radius 3 is 2.67 bits per heavy atom. The highest BCUT2D eigenvalue weighted by Gasteiger charge is 2.24. The number of carbonyl (C=O) groups excluding carboxylic acids is 1. The van der Waals surface area contributed by atoms with Crippen molar-refractivity contribution in [3.05, 3.63) is 54.1 Å². The summed E-state index contributed by atoms with van der Waals surface area (Å²) >= 11 is 0. The van der Waals surface area contributed by atoms with Crippen molar-refractivity contribution in [1.82, 2.24) is 0 Å². The highest BCUT2D eigenvalue weighted by Crippen LogP contribution is 2.32. The van der Waals surface area contributed by atoms with Crippen LogP contribution in [0.5, 0.6) is 5.75 Å². The van der Waals surface area contributed by atoms with E-state index in [-0.39, 0.29) is 11.7 Å². The van der Waals surface area contributed by atoms with Crippen molar-refractivity contribution >= 4 is 27.3 Å². The number of rotatable bonds is 5. The van der Waals surface area contributed by atoms with E-state index in [1.54, 1.807) is 25.1 Å². The summed E-state index contributed by atoms with van der Waals surface area (Å²) in [5.41, 5.74) is 1.81. The van der Waals surface area contributed by atoms with E-state index in [4.69, 9.17) is 4.74 Å². The van der Waals surface area contributed by atoms with Crippen molar-refractivity contribution in [2.24, 2.45) is 0 Å². The number of hydrogen-bond donors (Lipinski definition) is 2. The number of fused-ring (bicyclic) bond motifs is 1. The molecule has 3 rings (SSSR count). The number of ether oxygens (including phenoxy) is 1. The zero-order chi connectivity index (χ0) is 17.2. The zero-order valence-electron chi connectivity index (χ0n) is 13.2. The molecule has 126 valence electrons. The lowest BCUT2D eigenvalue weighted by Gasteiger charge is -2.23. The number of sulfonamides is 1. The Hall–Kier alpha value is -2.54. The topological polar surface area (TPSA) is 84.5 Å². The number of hydrogen-bond acceptors (Lipinski definition) is 4. The SMILES string of the molecule is CC1Oc2ccc(NS(=O)(=O)CCc3ccccc3)cc2NC1=O. The molecule has 0 aromatic heterocycles. The van der Waals surface area contributed by atoms with Crippen LogP contribution in [-0.2, 0) is 21.2 Å². The molecule has 1 unspecified atom stereocenters. The molecule has 0 radical (unpaired) electrons. The Morgan fingerprint density at radius 2 is 1.92 bits per heavy atom. The molecular weight excluding hydrogens is 328 g/mol. The second-order valence-electron chi connectivity index (χ2n) is 5.62. The van der Waals surface area contributed by atoms with E-state index in [9.17, 15) is 13.2 Å². The fourth-order valence-electron chi connectivity index (χ4n) is 2.40. The molecule has 1 atom stereocenters. The van der Waals surface area contributed by atoms with E-state index < -0.39 is 16.1 Å². The minimum absolute atomic E-state index is 0.0198. The number of nitrogens with one attached hydrogen (secondary N) is 2. The Labute approximate surface area is 140 Å². The number of aryl methyl sites for hydroxylation is 1. The molecule has 24 heavy (non-hydrogen) atoms. The van der Waals surface area contributed by atoms with Crippen LogP contribution in [0, 0.1) is 0 Å². The monoisotopic (exact) mass is 346 g/mol. The second kappa shape index (κ2) is 6.52. The molecule has 1 amide bonds. The summed E-state index contributed by atoms with van der Waals surface area (Å²) in [5, 5.41) is 2.69. The third-order valence-electron chi connectivity index (χ3n) is 3.69. The van der Waals surface area contributed by atoms with Crippen molar-refractivity contribution in [2.45, 2.75) is 19.4 Å². The molecule has 1 aliphatic rings. The molecule has 2 aromatic rings. The lowest BCUT2D eigenvalue weighted by Crippen LogP contribution is -2.34. The van der Waals surface area contributed by atoms with Gasteiger partial charge >= 0.3 is 0 Å². The summed E-state index contributed by atoms with van der Waals surface area (Å²) in [6, 6.07) is 14.2. The molecule has 0 fully saturated rings. The summed E-state index contributed by atoms with van der Waals surface area (Å²) in [6.45, 7) is 1.65. The van der Waals surface area contributed by atoms with Crippen molar-refractivity contribution in [1.29, 1.82) is 0 Å². The van der Waals surface area contributed by atoms with Gasteiger partial charge in [-0.15, -0.1) is 0 Å². The minimum Gasteiger partial charge on any atom is -0.479 e. The molecule has 0 bridgehead atoms. The Morgan fingerprint density at radius 1 is 1.17 bits per heavy atom. The zero-order valence-corrected chi connectivity index (χ0v) is 14.0. The van der Waals surface area contributed by atoms with E-state index in [1.807, 2.05) is 30.3 Å². The smallest absolute Gasteiger partial charge is 0.265 e. The van der Waals surface area contributed by atoms with Gasteiger partial charge in [-0.25, -0.2) is 8.42 Å². The van der Waals surface area contributed by atoms with Crippen LogP contribution in [0.2, 0.25) is 0 Å². The van der Waals surface area contributed by atoms with E-state index in [0.29, 0.717) is 23.5 Å². The van der Waals surface area contributed by atoms with Gasteiger partial charge in [-0.1, -0.05) is 30.3 Å². The highest BCUT2D eigenvalue weighted by molar-refractivity contribution is 7.92. The number of amides is 1. The van der Waals surface area contributed by atoms with Gasteiger partial charge in [-0.05, 0) is 37.1 Å². The molecule has 1 aliphatic heterocycles. The van der Waals surface area contributed by atoms with Gasteiger partial charge < -0.3 is 10.1 Å². The number of anilines is 2. The molecule has 0 saturated heterocycles. The summed E-state index contributed by atoms with van der Waals surface area (Å²) < 4.78 is 32.4. The summed E-state index contributed by atoms with van der Waals surface area (Å²) in [4.78, 5) is 11.6. The minimum atomic E-state index is -3.49. The maximum Gasteiger partial charge on any atom is 0.265 e. The van der Waals surface area contributed by atoms with Crippen LogP contribution < -0.4 is 14.8 Å². The first-order chi connectivity index (χ1) is 11.4. The van der Waals surface area contributed by atoms with Crippen LogP contribution in [-0.4, -0.2) is 26.2 Å². The first-order valence-electron chi connectivity index (χ1n) is 7.59. The summed E-state index contributed by atoms with van der Waals surface area (Å²) in [7, 11) is -3.49. The van der Waals surface area contributed by atoms with Gasteiger partial charge in [0, 0.05) is 0 Å². The second-order valence-corrected chi connectivity index (χ2v) is 7.46. The van der Waals surface area contributed by atoms with Crippen LogP contribution in [0.4, 0.5) is 11.4 Å². The Kier molecular flexibility index (Phi) is 4.44. The molecular formula is C17H18N2O4S. The first-order valence-corrected chi connectivity index (χ1v) is 9.24. The van der Waals surface area contributed by atoms with Gasteiger partial charge in [0.05, 0.1) is 17.1 Å². The average molecular weight is 346 g/mol. The van der Waals surface area contributed by atoms with Gasteiger partial charge in [-0.2, -0.15) is 0 Å². The van der Waals surface area contributed by atoms with Gasteiger partial charge in [0.15, 0.2) is 6.10 Å². The maximum absolute atomic E-state index is 12.2. The largest absolute Gasteiger partial charge is 0.479 e. The quantitative estimate of drug-likeness (QED) is 0.871. The van der Waals surface area contributed by atoms with Crippen LogP contribution >= 0.6 is 0 Å². The van der Waals surface area contributed by atoms with E-state index in [2.05, 4.69) is 10.0 Å². The predicted octanol–water partition coefficient (Wildman–Crippen LogP) is 2.39. The van der Waals surface area contributed by atoms with E-state index in [1.165, 1.54) is 0 Å². The number of carbonyl (C=O) groups is 1. The van der Waals surface area contributed by atoms with Crippen LogP contribution in [0.15, 0.2) is 48.5 Å². The Bertz CT molecular complexity index is 850. The van der Waals surface area contributed by atoms with Gasteiger partial charge in [0.25, 0.3) is 5.91 Å². The third-order valence-corrected chi connectivity index (χ3v) is 4.97. The normalized spacial score (nSPS) is 16.7. The van der Waals surface area contributed by atoms with Crippen LogP contribution in [0.3, 0.4) is 0 Å². The van der Waals surface area contributed by atoms with E-state index in [0.717, 1.165) is 5.56 Å². The van der Waals surface area contributed by atoms with Gasteiger partial charge in [-0.3, -0.25) is 9.52 Å². The highest BCUT2D eigenvalue weighted by atomic mass is 32.2. The first kappa shape index (κ1) is 16.3. The van der Waals surface area contributed by atoms with Gasteiger partial charge in [0.2, 0.25) is 10.0 Å². The van der Waals surface area contributed by atoms with Crippen molar-refractivity contribution in [3.63, 3.8) is 0 Å². The molecule has 0 saturated carbocycles. The molecule has 1 heterocycles. The van der Waals surface area contributed by atoms with Gasteiger partial charge in [0.1, 0.15) is 5.75 Å². The fraction of sp³-hybridized carbons (Fsp3) is 0.235.